The Bertz CT molecular complexity index is 666. The van der Waals surface area contributed by atoms with Crippen molar-refractivity contribution in [1.82, 2.24) is 0 Å². The molecule has 2 rings (SSSR count). The molecule has 0 aliphatic carbocycles. The molecule has 0 fully saturated rings. The van der Waals surface area contributed by atoms with E-state index in [1.807, 2.05) is 0 Å². The van der Waals surface area contributed by atoms with Gasteiger partial charge in [-0.15, -0.1) is 0 Å². The van der Waals surface area contributed by atoms with Crippen LogP contribution in [0.1, 0.15) is 15.9 Å². The minimum Gasteiger partial charge on any atom is -0.497 e. The van der Waals surface area contributed by atoms with Gasteiger partial charge in [0.25, 0.3) is 0 Å². The minimum atomic E-state index is -0.997. The Morgan fingerprint density at radius 2 is 1.85 bits per heavy atom. The summed E-state index contributed by atoms with van der Waals surface area (Å²) in [4.78, 5) is 12.2. The predicted molar refractivity (Wildman–Crippen MR) is 75.5 cm³/mol. The summed E-state index contributed by atoms with van der Waals surface area (Å²) in [6.07, 6.45) is 0. The van der Waals surface area contributed by atoms with Crippen molar-refractivity contribution >= 4 is 33.3 Å². The Hall–Kier alpha value is -1.46. The van der Waals surface area contributed by atoms with Crippen LogP contribution in [-0.4, -0.2) is 12.9 Å². The van der Waals surface area contributed by atoms with Crippen LogP contribution >= 0.6 is 27.5 Å². The maximum absolute atomic E-state index is 13.9. The number of carbonyl (C=O) groups is 1. The third-order valence-electron chi connectivity index (χ3n) is 2.67. The molecule has 0 aliphatic heterocycles. The van der Waals surface area contributed by atoms with Crippen molar-refractivity contribution in [3.8, 4) is 5.75 Å². The average Bonchev–Trinajstić information content (AvgIpc) is 2.40. The third-order valence-corrected chi connectivity index (χ3v) is 3.97. The molecular weight excluding hydrogens is 354 g/mol. The summed E-state index contributed by atoms with van der Waals surface area (Å²) in [7, 11) is 1.28. The number of benzene rings is 2. The molecule has 2 aromatic rings. The first kappa shape index (κ1) is 14.9. The van der Waals surface area contributed by atoms with Crippen molar-refractivity contribution in [1.29, 1.82) is 0 Å². The molecule has 0 unspecified atom stereocenters. The van der Waals surface area contributed by atoms with Crippen molar-refractivity contribution in [2.45, 2.75) is 0 Å². The smallest absolute Gasteiger partial charge is 0.200 e. The third kappa shape index (κ3) is 2.69. The summed E-state index contributed by atoms with van der Waals surface area (Å²) >= 11 is 9.12. The molecule has 2 aromatic carbocycles. The van der Waals surface area contributed by atoms with Crippen LogP contribution in [-0.2, 0) is 0 Å². The molecule has 0 spiro atoms. The van der Waals surface area contributed by atoms with Gasteiger partial charge in [0, 0.05) is 22.2 Å². The van der Waals surface area contributed by atoms with Gasteiger partial charge in [-0.2, -0.15) is 0 Å². The van der Waals surface area contributed by atoms with Crippen molar-refractivity contribution in [3.63, 3.8) is 0 Å². The van der Waals surface area contributed by atoms with Gasteiger partial charge in [0.1, 0.15) is 17.4 Å². The van der Waals surface area contributed by atoms with Crippen molar-refractivity contribution in [2.24, 2.45) is 0 Å². The van der Waals surface area contributed by atoms with Crippen LogP contribution in [0.4, 0.5) is 8.78 Å². The van der Waals surface area contributed by atoms with E-state index in [1.54, 1.807) is 12.1 Å². The summed E-state index contributed by atoms with van der Waals surface area (Å²) in [6, 6.07) is 6.48. The van der Waals surface area contributed by atoms with E-state index in [0.29, 0.717) is 4.47 Å². The maximum atomic E-state index is 13.9. The van der Waals surface area contributed by atoms with E-state index in [1.165, 1.54) is 13.2 Å². The van der Waals surface area contributed by atoms with Crippen LogP contribution < -0.4 is 4.74 Å². The van der Waals surface area contributed by atoms with Crippen LogP contribution in [0, 0.1) is 11.6 Å². The molecule has 0 bridgehead atoms. The maximum Gasteiger partial charge on any atom is 0.200 e. The lowest BCUT2D eigenvalue weighted by atomic mass is 10.0. The summed E-state index contributed by atoms with van der Waals surface area (Å²) in [5.74, 6) is -2.82. The number of halogens is 4. The van der Waals surface area contributed by atoms with Crippen LogP contribution in [0.2, 0.25) is 5.02 Å². The lowest BCUT2D eigenvalue weighted by Crippen LogP contribution is -2.09. The van der Waals surface area contributed by atoms with E-state index in [0.717, 1.165) is 12.1 Å². The van der Waals surface area contributed by atoms with E-state index in [9.17, 15) is 13.6 Å². The molecule has 0 N–H and O–H groups in total. The second-order valence-electron chi connectivity index (χ2n) is 3.90. The highest BCUT2D eigenvalue weighted by Gasteiger charge is 2.23. The first-order valence-electron chi connectivity index (χ1n) is 5.47. The Morgan fingerprint density at radius 3 is 2.40 bits per heavy atom. The van der Waals surface area contributed by atoms with Gasteiger partial charge in [-0.1, -0.05) is 17.7 Å². The quantitative estimate of drug-likeness (QED) is 0.746. The van der Waals surface area contributed by atoms with Crippen LogP contribution in [0.15, 0.2) is 34.8 Å². The fourth-order valence-electron chi connectivity index (χ4n) is 1.70. The van der Waals surface area contributed by atoms with Crippen molar-refractivity contribution < 1.29 is 18.3 Å². The average molecular weight is 362 g/mol. The summed E-state index contributed by atoms with van der Waals surface area (Å²) in [6.45, 7) is 0. The Kier molecular flexibility index (Phi) is 4.40. The van der Waals surface area contributed by atoms with E-state index < -0.39 is 23.0 Å². The SMILES string of the molecule is COc1cc(F)c(C(=O)c2cccc(Br)c2Cl)c(F)c1. The molecule has 20 heavy (non-hydrogen) atoms. The zero-order valence-corrected chi connectivity index (χ0v) is 12.6. The number of hydrogen-bond donors (Lipinski definition) is 0. The second-order valence-corrected chi connectivity index (χ2v) is 5.13. The molecule has 0 saturated heterocycles. The largest absolute Gasteiger partial charge is 0.497 e. The van der Waals surface area contributed by atoms with Gasteiger partial charge < -0.3 is 4.74 Å². The highest BCUT2D eigenvalue weighted by Crippen LogP contribution is 2.30. The van der Waals surface area contributed by atoms with Gasteiger partial charge in [-0.3, -0.25) is 4.79 Å². The molecule has 2 nitrogen and oxygen atoms in total. The zero-order valence-electron chi connectivity index (χ0n) is 10.2. The molecule has 6 heteroatoms. The molecule has 0 atom stereocenters. The lowest BCUT2D eigenvalue weighted by Gasteiger charge is -2.09. The van der Waals surface area contributed by atoms with E-state index in [4.69, 9.17) is 16.3 Å². The molecular formula is C14H8BrClF2O2. The number of rotatable bonds is 3. The van der Waals surface area contributed by atoms with Gasteiger partial charge >= 0.3 is 0 Å². The highest BCUT2D eigenvalue weighted by molar-refractivity contribution is 9.10. The second kappa shape index (κ2) is 5.89. The molecule has 0 aromatic heterocycles. The Morgan fingerprint density at radius 1 is 1.25 bits per heavy atom. The van der Waals surface area contributed by atoms with Crippen LogP contribution in [0.25, 0.3) is 0 Å². The van der Waals surface area contributed by atoms with Crippen LogP contribution in [0.3, 0.4) is 0 Å². The number of ketones is 1. The zero-order chi connectivity index (χ0) is 14.9. The highest BCUT2D eigenvalue weighted by atomic mass is 79.9. The van der Waals surface area contributed by atoms with Gasteiger partial charge in [-0.05, 0) is 28.1 Å². The minimum absolute atomic E-state index is 0.00288. The number of hydrogen-bond acceptors (Lipinski definition) is 2. The normalized spacial score (nSPS) is 10.4. The molecule has 0 amide bonds. The Balaban J connectivity index is 2.57. The number of carbonyl (C=O) groups excluding carboxylic acids is 1. The molecule has 0 saturated carbocycles. The molecule has 0 aliphatic rings. The first-order valence-corrected chi connectivity index (χ1v) is 6.64. The van der Waals surface area contributed by atoms with Gasteiger partial charge in [0.15, 0.2) is 5.78 Å². The lowest BCUT2D eigenvalue weighted by molar-refractivity contribution is 0.103. The summed E-state index contributed by atoms with van der Waals surface area (Å²) in [5, 5.41) is 0.104. The number of methoxy groups -OCH3 is 1. The molecule has 0 radical (unpaired) electrons. The standard InChI is InChI=1S/C14H8BrClF2O2/c1-20-7-5-10(17)12(11(18)6-7)14(19)8-3-2-4-9(15)13(8)16/h2-6H,1H3. The fraction of sp³-hybridized carbons (Fsp3) is 0.0714. The predicted octanol–water partition coefficient (Wildman–Crippen LogP) is 4.62. The summed E-state index contributed by atoms with van der Waals surface area (Å²) in [5.41, 5.74) is -0.644. The van der Waals surface area contributed by atoms with Gasteiger partial charge in [0.05, 0.1) is 17.7 Å². The number of ether oxygens (including phenoxy) is 1. The topological polar surface area (TPSA) is 26.3 Å². The first-order chi connectivity index (χ1) is 9.45. The Labute approximate surface area is 127 Å². The van der Waals surface area contributed by atoms with Crippen molar-refractivity contribution in [2.75, 3.05) is 7.11 Å². The van der Waals surface area contributed by atoms with E-state index in [-0.39, 0.29) is 16.3 Å². The van der Waals surface area contributed by atoms with E-state index >= 15 is 0 Å². The summed E-state index contributed by atoms with van der Waals surface area (Å²) < 4.78 is 32.9. The monoisotopic (exact) mass is 360 g/mol. The van der Waals surface area contributed by atoms with Gasteiger partial charge in [-0.25, -0.2) is 8.78 Å². The van der Waals surface area contributed by atoms with E-state index in [2.05, 4.69) is 15.9 Å². The van der Waals surface area contributed by atoms with Gasteiger partial charge in [0.2, 0.25) is 0 Å². The van der Waals surface area contributed by atoms with Crippen LogP contribution in [0.5, 0.6) is 5.75 Å². The molecule has 0 heterocycles. The molecule has 104 valence electrons. The fourth-order valence-corrected chi connectivity index (χ4v) is 2.28. The van der Waals surface area contributed by atoms with Crippen molar-refractivity contribution in [3.05, 3.63) is 62.6 Å².